The van der Waals surface area contributed by atoms with Crippen LogP contribution in [-0.2, 0) is 5.75 Å². The molecular weight excluding hydrogens is 216 g/mol. The zero-order valence-corrected chi connectivity index (χ0v) is 9.28. The van der Waals surface area contributed by atoms with E-state index in [1.807, 2.05) is 6.92 Å². The molecule has 0 radical (unpaired) electrons. The summed E-state index contributed by atoms with van der Waals surface area (Å²) in [6, 6.07) is 1.95. The monoisotopic (exact) mass is 229 g/mol. The molecule has 2 rings (SSSR count). The summed E-state index contributed by atoms with van der Waals surface area (Å²) < 4.78 is 27.1. The van der Waals surface area contributed by atoms with Crippen LogP contribution in [-0.4, -0.2) is 5.25 Å². The van der Waals surface area contributed by atoms with Crippen LogP contribution in [0.3, 0.4) is 0 Å². The highest BCUT2D eigenvalue weighted by atomic mass is 32.2. The average molecular weight is 229 g/mol. The van der Waals surface area contributed by atoms with Crippen LogP contribution < -0.4 is 5.73 Å². The summed E-state index contributed by atoms with van der Waals surface area (Å²) in [4.78, 5) is 0. The molecule has 0 fully saturated rings. The zero-order valence-electron chi connectivity index (χ0n) is 8.47. The van der Waals surface area contributed by atoms with Crippen LogP contribution in [0.25, 0.3) is 0 Å². The van der Waals surface area contributed by atoms with Gasteiger partial charge in [0.05, 0.1) is 0 Å². The molecule has 2 unspecified atom stereocenters. The lowest BCUT2D eigenvalue weighted by Crippen LogP contribution is -2.16. The smallest absolute Gasteiger partial charge is 0.128 e. The van der Waals surface area contributed by atoms with E-state index >= 15 is 0 Å². The first kappa shape index (κ1) is 10.9. The molecule has 15 heavy (non-hydrogen) atoms. The maximum atomic E-state index is 13.6. The molecule has 2 N–H and O–H groups in total. The molecule has 0 spiro atoms. The summed E-state index contributed by atoms with van der Waals surface area (Å²) in [6.45, 7) is 2.03. The standard InChI is InChI=1S/C11H13F2NS/c1-6-4-10(14)11-7(5-15-6)8(12)2-3-9(11)13/h2-3,6,10H,4-5,14H2,1H3. The van der Waals surface area contributed by atoms with Gasteiger partial charge in [-0.1, -0.05) is 6.92 Å². The van der Waals surface area contributed by atoms with E-state index in [-0.39, 0.29) is 17.7 Å². The number of hydrogen-bond donors (Lipinski definition) is 1. The van der Waals surface area contributed by atoms with Gasteiger partial charge in [-0.3, -0.25) is 0 Å². The van der Waals surface area contributed by atoms with Crippen molar-refractivity contribution in [3.63, 3.8) is 0 Å². The zero-order chi connectivity index (χ0) is 11.0. The van der Waals surface area contributed by atoms with Crippen molar-refractivity contribution in [1.29, 1.82) is 0 Å². The molecule has 0 aromatic heterocycles. The van der Waals surface area contributed by atoms with Gasteiger partial charge < -0.3 is 5.73 Å². The van der Waals surface area contributed by atoms with Crippen molar-refractivity contribution in [2.75, 3.05) is 0 Å². The maximum Gasteiger partial charge on any atom is 0.128 e. The summed E-state index contributed by atoms with van der Waals surface area (Å²) in [5.41, 5.74) is 6.70. The van der Waals surface area contributed by atoms with Crippen LogP contribution in [0.2, 0.25) is 0 Å². The Hall–Kier alpha value is -0.610. The van der Waals surface area contributed by atoms with Gasteiger partial charge in [-0.05, 0) is 18.6 Å². The van der Waals surface area contributed by atoms with Crippen molar-refractivity contribution in [2.45, 2.75) is 30.4 Å². The Labute approximate surface area is 92.0 Å². The van der Waals surface area contributed by atoms with Crippen LogP contribution >= 0.6 is 11.8 Å². The number of benzene rings is 1. The van der Waals surface area contributed by atoms with Crippen molar-refractivity contribution < 1.29 is 8.78 Å². The second kappa shape index (κ2) is 4.10. The molecule has 1 aromatic rings. The largest absolute Gasteiger partial charge is 0.324 e. The van der Waals surface area contributed by atoms with Crippen LogP contribution in [0, 0.1) is 11.6 Å². The van der Waals surface area contributed by atoms with Gasteiger partial charge >= 0.3 is 0 Å². The number of halogens is 2. The number of rotatable bonds is 0. The van der Waals surface area contributed by atoms with Crippen LogP contribution in [0.15, 0.2) is 12.1 Å². The summed E-state index contributed by atoms with van der Waals surface area (Å²) in [6.07, 6.45) is 0.693. The third-order valence-corrected chi connectivity index (χ3v) is 3.93. The van der Waals surface area contributed by atoms with E-state index in [1.165, 1.54) is 6.07 Å². The second-order valence-electron chi connectivity index (χ2n) is 3.89. The SMILES string of the molecule is CC1CC(N)c2c(F)ccc(F)c2CS1. The van der Waals surface area contributed by atoms with Gasteiger partial charge in [-0.25, -0.2) is 8.78 Å². The van der Waals surface area contributed by atoms with Crippen molar-refractivity contribution in [1.82, 2.24) is 0 Å². The Morgan fingerprint density at radius 2 is 2.00 bits per heavy atom. The second-order valence-corrected chi connectivity index (χ2v) is 5.31. The molecule has 0 saturated carbocycles. The van der Waals surface area contributed by atoms with Crippen molar-refractivity contribution in [2.24, 2.45) is 5.73 Å². The molecule has 0 amide bonds. The maximum absolute atomic E-state index is 13.6. The first-order valence-electron chi connectivity index (χ1n) is 4.93. The number of hydrogen-bond acceptors (Lipinski definition) is 2. The Bertz CT molecular complexity index is 381. The van der Waals surface area contributed by atoms with Gasteiger partial charge in [0.15, 0.2) is 0 Å². The summed E-state index contributed by atoms with van der Waals surface area (Å²) >= 11 is 1.62. The molecule has 0 bridgehead atoms. The summed E-state index contributed by atoms with van der Waals surface area (Å²) in [7, 11) is 0. The molecule has 4 heteroatoms. The fourth-order valence-corrected chi connectivity index (χ4v) is 3.01. The highest BCUT2D eigenvalue weighted by Crippen LogP contribution is 2.35. The minimum absolute atomic E-state index is 0.339. The Morgan fingerprint density at radius 3 is 2.73 bits per heavy atom. The van der Waals surface area contributed by atoms with E-state index < -0.39 is 0 Å². The van der Waals surface area contributed by atoms with Crippen LogP contribution in [0.5, 0.6) is 0 Å². The minimum Gasteiger partial charge on any atom is -0.324 e. The third kappa shape index (κ3) is 2.01. The fraction of sp³-hybridized carbons (Fsp3) is 0.455. The van der Waals surface area contributed by atoms with Crippen molar-refractivity contribution in [3.8, 4) is 0 Å². The fourth-order valence-electron chi connectivity index (χ4n) is 1.93. The lowest BCUT2D eigenvalue weighted by atomic mass is 9.97. The Balaban J connectivity index is 2.52. The molecule has 1 nitrogen and oxygen atoms in total. The molecule has 0 saturated heterocycles. The average Bonchev–Trinajstić information content (AvgIpc) is 2.32. The first-order valence-corrected chi connectivity index (χ1v) is 5.98. The van der Waals surface area contributed by atoms with Crippen molar-refractivity contribution in [3.05, 3.63) is 34.9 Å². The van der Waals surface area contributed by atoms with Gasteiger partial charge in [0.2, 0.25) is 0 Å². The predicted molar refractivity (Wildman–Crippen MR) is 58.7 cm³/mol. The summed E-state index contributed by atoms with van der Waals surface area (Å²) in [5.74, 6) is -0.217. The molecule has 1 heterocycles. The van der Waals surface area contributed by atoms with Crippen LogP contribution in [0.4, 0.5) is 8.78 Å². The van der Waals surface area contributed by atoms with Gasteiger partial charge in [-0.2, -0.15) is 11.8 Å². The molecule has 82 valence electrons. The van der Waals surface area contributed by atoms with E-state index in [1.54, 1.807) is 11.8 Å². The molecular formula is C11H13F2NS. The Kier molecular flexibility index (Phi) is 2.98. The topological polar surface area (TPSA) is 26.0 Å². The lowest BCUT2D eigenvalue weighted by Gasteiger charge is -2.14. The normalized spacial score (nSPS) is 25.9. The van der Waals surface area contributed by atoms with E-state index in [4.69, 9.17) is 5.73 Å². The number of thioether (sulfide) groups is 1. The molecule has 0 aliphatic carbocycles. The van der Waals surface area contributed by atoms with E-state index in [9.17, 15) is 8.78 Å². The molecule has 2 atom stereocenters. The molecule has 1 aromatic carbocycles. The van der Waals surface area contributed by atoms with Gasteiger partial charge in [0.25, 0.3) is 0 Å². The van der Waals surface area contributed by atoms with E-state index in [0.717, 1.165) is 6.07 Å². The Morgan fingerprint density at radius 1 is 1.33 bits per heavy atom. The lowest BCUT2D eigenvalue weighted by molar-refractivity contribution is 0.544. The summed E-state index contributed by atoms with van der Waals surface area (Å²) in [5, 5.41) is 0.339. The highest BCUT2D eigenvalue weighted by Gasteiger charge is 2.25. The van der Waals surface area contributed by atoms with Crippen LogP contribution in [0.1, 0.15) is 30.5 Å². The number of nitrogens with two attached hydrogens (primary N) is 1. The van der Waals surface area contributed by atoms with Gasteiger partial charge in [-0.15, -0.1) is 0 Å². The van der Waals surface area contributed by atoms with Gasteiger partial charge in [0.1, 0.15) is 11.6 Å². The van der Waals surface area contributed by atoms with E-state index in [0.29, 0.717) is 28.6 Å². The number of fused-ring (bicyclic) bond motifs is 1. The first-order chi connectivity index (χ1) is 7.09. The quantitative estimate of drug-likeness (QED) is 0.740. The van der Waals surface area contributed by atoms with Crippen molar-refractivity contribution >= 4 is 11.8 Å². The highest BCUT2D eigenvalue weighted by molar-refractivity contribution is 7.99. The third-order valence-electron chi connectivity index (χ3n) is 2.72. The molecule has 1 aliphatic rings. The van der Waals surface area contributed by atoms with Gasteiger partial charge in [0, 0.05) is 28.2 Å². The minimum atomic E-state index is -0.388. The predicted octanol–water partition coefficient (Wildman–Crippen LogP) is 2.99. The molecule has 1 aliphatic heterocycles. The van der Waals surface area contributed by atoms with E-state index in [2.05, 4.69) is 0 Å².